The molecule has 0 saturated carbocycles. The monoisotopic (exact) mass is 1220 g/mol. The molecule has 2 unspecified atom stereocenters. The van der Waals surface area contributed by atoms with Gasteiger partial charge in [-0.2, -0.15) is 13.2 Å². The molecule has 2 N–H and O–H groups in total. The number of hydrogen-bond donors (Lipinski definition) is 2. The van der Waals surface area contributed by atoms with Crippen molar-refractivity contribution in [1.29, 1.82) is 0 Å². The van der Waals surface area contributed by atoms with Gasteiger partial charge in [0.1, 0.15) is 23.1 Å². The summed E-state index contributed by atoms with van der Waals surface area (Å²) in [4.78, 5) is 15.8. The van der Waals surface area contributed by atoms with Gasteiger partial charge in [0, 0.05) is 126 Å². The molecule has 87 heavy (non-hydrogen) atoms. The zero-order valence-corrected chi connectivity index (χ0v) is 50.3. The highest BCUT2D eigenvalue weighted by Gasteiger charge is 2.31. The third-order valence-electron chi connectivity index (χ3n) is 16.1. The Morgan fingerprint density at radius 1 is 0.494 bits per heavy atom. The lowest BCUT2D eigenvalue weighted by molar-refractivity contribution is -0.137. The minimum Gasteiger partial charge on any atom is -0.457 e. The molecular weight excluding hydrogens is 1150 g/mol. The quantitative estimate of drug-likeness (QED) is 0.0745. The van der Waals surface area contributed by atoms with Gasteiger partial charge in [-0.3, -0.25) is 9.80 Å². The van der Waals surface area contributed by atoms with Crippen LogP contribution in [0.25, 0.3) is 0 Å². The fourth-order valence-corrected chi connectivity index (χ4v) is 13.4. The summed E-state index contributed by atoms with van der Waals surface area (Å²) < 4.78 is 119. The van der Waals surface area contributed by atoms with E-state index < -0.39 is 31.8 Å². The normalized spacial score (nSPS) is 15.7. The van der Waals surface area contributed by atoms with Crippen LogP contribution in [0.4, 0.5) is 34.6 Å². The van der Waals surface area contributed by atoms with E-state index >= 15 is 0 Å². The molecule has 0 aliphatic carbocycles. The number of piperazine rings is 1. The SMILES string of the molecule is CC(CNS(=O)(=O)c1ccc(Oc2ccc(C(F)(F)F)cn2)cc1)N1CCc2ccccc21.CC(CNS(=O)(=O)c1ccc(Oc2ccccc2)cc1)N1CCc2ccccc21.Fc1ccccc1CN1CCN(CCN2CCc3ccccc32)CC1. The van der Waals surface area contributed by atoms with Crippen LogP contribution in [0.15, 0.2) is 204 Å². The van der Waals surface area contributed by atoms with Gasteiger partial charge in [0.2, 0.25) is 25.9 Å². The molecule has 12 rings (SSSR count). The number of fused-ring (bicyclic) bond motifs is 3. The molecule has 14 nitrogen and oxygen atoms in total. The number of anilines is 3. The Labute approximate surface area is 508 Å². The van der Waals surface area contributed by atoms with Crippen molar-refractivity contribution in [3.8, 4) is 23.1 Å². The fraction of sp³-hybridized carbons (Fsp3) is 0.299. The van der Waals surface area contributed by atoms with Gasteiger partial charge < -0.3 is 24.2 Å². The zero-order chi connectivity index (χ0) is 61.0. The first-order chi connectivity index (χ1) is 42.0. The maximum Gasteiger partial charge on any atom is 0.417 e. The van der Waals surface area contributed by atoms with Crippen LogP contribution >= 0.6 is 0 Å². The largest absolute Gasteiger partial charge is 0.457 e. The Kier molecular flexibility index (Phi) is 20.3. The molecule has 0 amide bonds. The summed E-state index contributed by atoms with van der Waals surface area (Å²) in [5.74, 6) is 1.44. The van der Waals surface area contributed by atoms with Gasteiger partial charge in [-0.25, -0.2) is 35.7 Å². The van der Waals surface area contributed by atoms with E-state index in [2.05, 4.69) is 81.4 Å². The number of aromatic nitrogens is 1. The fourth-order valence-electron chi connectivity index (χ4n) is 11.2. The van der Waals surface area contributed by atoms with Crippen molar-refractivity contribution >= 4 is 37.1 Å². The molecular formula is C67H72F4N8O6S2. The lowest BCUT2D eigenvalue weighted by Gasteiger charge is -2.35. The van der Waals surface area contributed by atoms with E-state index in [9.17, 15) is 34.4 Å². The second kappa shape index (κ2) is 28.3. The maximum absolute atomic E-state index is 13.8. The van der Waals surface area contributed by atoms with Crippen LogP contribution in [0.5, 0.6) is 23.1 Å². The van der Waals surface area contributed by atoms with Crippen LogP contribution in [0.2, 0.25) is 0 Å². The van der Waals surface area contributed by atoms with Gasteiger partial charge in [0.05, 0.1) is 15.4 Å². The molecule has 1 fully saturated rings. The minimum absolute atomic E-state index is 0.0308. The number of para-hydroxylation sites is 4. The average Bonchev–Trinajstić information content (AvgIpc) is 3.29. The zero-order valence-electron chi connectivity index (χ0n) is 48.7. The molecule has 0 bridgehead atoms. The first-order valence-corrected chi connectivity index (χ1v) is 32.3. The van der Waals surface area contributed by atoms with Crippen molar-refractivity contribution in [3.63, 3.8) is 0 Å². The lowest BCUT2D eigenvalue weighted by Crippen LogP contribution is -2.48. The van der Waals surface area contributed by atoms with E-state index in [4.69, 9.17) is 9.47 Å². The second-order valence-corrected chi connectivity index (χ2v) is 25.5. The van der Waals surface area contributed by atoms with Crippen molar-refractivity contribution in [3.05, 3.63) is 228 Å². The Bertz CT molecular complexity index is 3770. The molecule has 8 aromatic rings. The highest BCUT2D eigenvalue weighted by molar-refractivity contribution is 7.89. The van der Waals surface area contributed by atoms with Crippen molar-refractivity contribution in [1.82, 2.24) is 24.2 Å². The summed E-state index contributed by atoms with van der Waals surface area (Å²) in [5.41, 5.74) is 7.72. The number of nitrogens with one attached hydrogen (secondary N) is 2. The Morgan fingerprint density at radius 2 is 0.954 bits per heavy atom. The molecule has 456 valence electrons. The highest BCUT2D eigenvalue weighted by atomic mass is 32.2. The van der Waals surface area contributed by atoms with Crippen molar-refractivity contribution in [2.45, 2.75) is 67.7 Å². The molecule has 7 aromatic carbocycles. The molecule has 0 spiro atoms. The number of alkyl halides is 3. The highest BCUT2D eigenvalue weighted by Crippen LogP contribution is 2.33. The standard InChI is InChI=1S/C23H22F3N3O3S.C23H24N2O3S.C21H26FN3/c1-16(29-13-12-17-4-2-3-5-21(17)29)14-28-33(30,31)20-9-7-19(8-10-20)32-22-11-6-18(15-27-22)23(24,25)26;1-18(25-16-15-19-7-5-6-10-23(19)25)17-24-29(26,27)22-13-11-21(12-14-22)28-20-8-3-2-4-9-20;22-20-7-3-1-6-19(20)17-24-13-11-23(12-14-24)15-16-25-10-9-18-5-2-4-8-21(18)25/h2-11,15-16,28H,12-14H2,1H3;2-14,18,24H,15-17H2,1H3;1-8H,9-17H2. The Morgan fingerprint density at radius 3 is 1.48 bits per heavy atom. The van der Waals surface area contributed by atoms with E-state index in [1.54, 1.807) is 36.4 Å². The molecule has 1 aromatic heterocycles. The van der Waals surface area contributed by atoms with Crippen molar-refractivity contribution < 1.29 is 43.9 Å². The van der Waals surface area contributed by atoms with E-state index in [1.807, 2.05) is 86.6 Å². The van der Waals surface area contributed by atoms with Gasteiger partial charge in [0.25, 0.3) is 0 Å². The third kappa shape index (κ3) is 16.4. The number of sulfonamides is 2. The van der Waals surface area contributed by atoms with Gasteiger partial charge in [-0.1, -0.05) is 91.0 Å². The summed E-state index contributed by atoms with van der Waals surface area (Å²) in [6.07, 6.45) is -0.701. The smallest absolute Gasteiger partial charge is 0.417 e. The van der Waals surface area contributed by atoms with Crippen LogP contribution in [0.1, 0.15) is 41.7 Å². The predicted molar refractivity (Wildman–Crippen MR) is 333 cm³/mol. The van der Waals surface area contributed by atoms with Gasteiger partial charge >= 0.3 is 6.18 Å². The molecule has 4 aliphatic heterocycles. The van der Waals surface area contributed by atoms with E-state index in [0.29, 0.717) is 24.2 Å². The first kappa shape index (κ1) is 62.2. The van der Waals surface area contributed by atoms with Crippen LogP contribution in [-0.4, -0.2) is 116 Å². The summed E-state index contributed by atoms with van der Waals surface area (Å²) in [6, 6.07) is 55.7. The number of halogens is 4. The number of ether oxygens (including phenoxy) is 2. The van der Waals surface area contributed by atoms with Crippen LogP contribution in [0, 0.1) is 5.82 Å². The maximum atomic E-state index is 13.8. The number of nitrogens with zero attached hydrogens (tertiary/aromatic N) is 6. The summed E-state index contributed by atoms with van der Waals surface area (Å²) in [7, 11) is -7.33. The Hall–Kier alpha value is -7.85. The number of rotatable bonds is 19. The number of pyridine rings is 1. The summed E-state index contributed by atoms with van der Waals surface area (Å²) in [6.45, 7) is 14.6. The Balaban J connectivity index is 0.000000146. The van der Waals surface area contributed by atoms with E-state index in [1.165, 1.54) is 58.8 Å². The van der Waals surface area contributed by atoms with Gasteiger partial charge in [-0.15, -0.1) is 0 Å². The third-order valence-corrected chi connectivity index (χ3v) is 18.9. The number of benzene rings is 7. The minimum atomic E-state index is -4.48. The predicted octanol–water partition coefficient (Wildman–Crippen LogP) is 11.8. The van der Waals surface area contributed by atoms with Gasteiger partial charge in [0.15, 0.2) is 0 Å². The molecule has 20 heteroatoms. The van der Waals surface area contributed by atoms with Crippen LogP contribution in [0.3, 0.4) is 0 Å². The first-order valence-electron chi connectivity index (χ1n) is 29.3. The van der Waals surface area contributed by atoms with Crippen molar-refractivity contribution in [2.75, 3.05) is 86.7 Å². The number of hydrogen-bond acceptors (Lipinski definition) is 12. The van der Waals surface area contributed by atoms with Crippen LogP contribution < -0.4 is 33.6 Å². The molecule has 5 heterocycles. The molecule has 4 aliphatic rings. The molecule has 2 atom stereocenters. The van der Waals surface area contributed by atoms with E-state index in [-0.39, 0.29) is 45.9 Å². The lowest BCUT2D eigenvalue weighted by atomic mass is 10.2. The molecule has 1 saturated heterocycles. The van der Waals surface area contributed by atoms with Crippen molar-refractivity contribution in [2.24, 2.45) is 0 Å². The topological polar surface area (TPSA) is 140 Å². The summed E-state index contributed by atoms with van der Waals surface area (Å²) >= 11 is 0. The van der Waals surface area contributed by atoms with Crippen LogP contribution in [-0.2, 0) is 52.0 Å². The second-order valence-electron chi connectivity index (χ2n) is 22.0. The van der Waals surface area contributed by atoms with E-state index in [0.717, 1.165) is 102 Å². The summed E-state index contributed by atoms with van der Waals surface area (Å²) in [5, 5.41) is 0. The molecule has 0 radical (unpaired) electrons. The van der Waals surface area contributed by atoms with Gasteiger partial charge in [-0.05, 0) is 141 Å². The average molecular weight is 1230 g/mol.